The Morgan fingerprint density at radius 2 is 1.82 bits per heavy atom. The summed E-state index contributed by atoms with van der Waals surface area (Å²) in [5, 5.41) is 0.726. The molecular formula is C12H11Cl2NO2. The number of carbonyl (C=O) groups is 2. The van der Waals surface area contributed by atoms with Crippen LogP contribution in [0.15, 0.2) is 30.4 Å². The topological polar surface area (TPSA) is 37.4 Å². The zero-order valence-corrected chi connectivity index (χ0v) is 10.9. The van der Waals surface area contributed by atoms with Crippen LogP contribution in [0, 0.1) is 0 Å². The lowest BCUT2D eigenvalue weighted by Crippen LogP contribution is -2.19. The van der Waals surface area contributed by atoms with E-state index >= 15 is 0 Å². The molecule has 90 valence electrons. The zero-order chi connectivity index (χ0) is 13.0. The lowest BCUT2D eigenvalue weighted by atomic mass is 10.1. The second-order valence-electron chi connectivity index (χ2n) is 3.55. The van der Waals surface area contributed by atoms with Crippen LogP contribution in [0.5, 0.6) is 0 Å². The molecule has 0 aliphatic carbocycles. The molecule has 5 heteroatoms. The average Bonchev–Trinajstić information content (AvgIpc) is 2.25. The molecule has 0 saturated carbocycles. The third-order valence-corrected chi connectivity index (χ3v) is 2.56. The van der Waals surface area contributed by atoms with Gasteiger partial charge in [-0.05, 0) is 24.3 Å². The monoisotopic (exact) mass is 271 g/mol. The second kappa shape index (κ2) is 5.84. The Labute approximate surface area is 110 Å². The van der Waals surface area contributed by atoms with E-state index in [1.807, 2.05) is 0 Å². The van der Waals surface area contributed by atoms with E-state index in [1.165, 1.54) is 29.2 Å². The van der Waals surface area contributed by atoms with Crippen LogP contribution in [0.3, 0.4) is 0 Å². The van der Waals surface area contributed by atoms with Gasteiger partial charge in [0.05, 0.1) is 5.02 Å². The lowest BCUT2D eigenvalue weighted by molar-refractivity contribution is -0.123. The first-order chi connectivity index (χ1) is 7.91. The minimum atomic E-state index is -0.332. The number of nitrogens with zero attached hydrogens (tertiary/aromatic N) is 1. The summed E-state index contributed by atoms with van der Waals surface area (Å²) in [6.45, 7) is 0. The van der Waals surface area contributed by atoms with Crippen LogP contribution in [-0.4, -0.2) is 30.7 Å². The Morgan fingerprint density at radius 3 is 2.35 bits per heavy atom. The van der Waals surface area contributed by atoms with Gasteiger partial charge >= 0.3 is 0 Å². The van der Waals surface area contributed by atoms with E-state index in [0.29, 0.717) is 10.6 Å². The Bertz CT molecular complexity index is 481. The van der Waals surface area contributed by atoms with E-state index < -0.39 is 0 Å². The van der Waals surface area contributed by atoms with Crippen LogP contribution in [0.25, 0.3) is 0 Å². The summed E-state index contributed by atoms with van der Waals surface area (Å²) in [5.74, 6) is -0.592. The van der Waals surface area contributed by atoms with Crippen LogP contribution in [0.1, 0.15) is 10.4 Å². The van der Waals surface area contributed by atoms with Crippen LogP contribution < -0.4 is 0 Å². The third kappa shape index (κ3) is 3.88. The molecule has 0 saturated heterocycles. The molecule has 0 radical (unpaired) electrons. The summed E-state index contributed by atoms with van der Waals surface area (Å²) in [6.07, 6.45) is 2.39. The number of rotatable bonds is 3. The first-order valence-corrected chi connectivity index (χ1v) is 5.56. The lowest BCUT2D eigenvalue weighted by Gasteiger charge is -2.05. The molecule has 0 N–H and O–H groups in total. The first kappa shape index (κ1) is 13.7. The highest BCUT2D eigenvalue weighted by molar-refractivity contribution is 6.37. The van der Waals surface area contributed by atoms with Crippen molar-refractivity contribution in [3.63, 3.8) is 0 Å². The predicted octanol–water partition coefficient (Wildman–Crippen LogP) is 2.82. The Kier molecular flexibility index (Phi) is 4.73. The predicted molar refractivity (Wildman–Crippen MR) is 68.6 cm³/mol. The van der Waals surface area contributed by atoms with Gasteiger partial charge in [0.15, 0.2) is 5.78 Å². The Balaban J connectivity index is 2.87. The fourth-order valence-electron chi connectivity index (χ4n) is 1.08. The Hall–Kier alpha value is -1.32. The van der Waals surface area contributed by atoms with Gasteiger partial charge in [0.25, 0.3) is 0 Å². The molecule has 0 bridgehead atoms. The van der Waals surface area contributed by atoms with Gasteiger partial charge in [0, 0.05) is 30.8 Å². The molecule has 1 amide bonds. The van der Waals surface area contributed by atoms with E-state index in [0.717, 1.165) is 0 Å². The van der Waals surface area contributed by atoms with Crippen LogP contribution in [-0.2, 0) is 4.79 Å². The van der Waals surface area contributed by atoms with E-state index in [9.17, 15) is 9.59 Å². The van der Waals surface area contributed by atoms with E-state index in [4.69, 9.17) is 23.2 Å². The molecule has 0 atom stereocenters. The van der Waals surface area contributed by atoms with Crippen LogP contribution >= 0.6 is 23.2 Å². The fourth-order valence-corrected chi connectivity index (χ4v) is 1.58. The van der Waals surface area contributed by atoms with E-state index in [2.05, 4.69) is 0 Å². The summed E-state index contributed by atoms with van der Waals surface area (Å²) in [4.78, 5) is 24.3. The molecule has 0 fully saturated rings. The molecule has 0 aliphatic heterocycles. The highest BCUT2D eigenvalue weighted by Crippen LogP contribution is 2.21. The minimum absolute atomic E-state index is 0.261. The maximum Gasteiger partial charge on any atom is 0.246 e. The van der Waals surface area contributed by atoms with Crippen molar-refractivity contribution in [2.45, 2.75) is 0 Å². The fraction of sp³-hybridized carbons (Fsp3) is 0.167. The van der Waals surface area contributed by atoms with Crippen LogP contribution in [0.4, 0.5) is 0 Å². The van der Waals surface area contributed by atoms with Crippen molar-refractivity contribution >= 4 is 34.9 Å². The minimum Gasteiger partial charge on any atom is -0.345 e. The first-order valence-electron chi connectivity index (χ1n) is 4.80. The SMILES string of the molecule is CN(C)C(=O)/C=C/C(=O)c1ccc(Cl)cc1Cl. The van der Waals surface area contributed by atoms with Gasteiger partial charge < -0.3 is 4.90 Å². The number of halogens is 2. The smallest absolute Gasteiger partial charge is 0.246 e. The molecule has 0 heterocycles. The summed E-state index contributed by atoms with van der Waals surface area (Å²) >= 11 is 11.6. The quantitative estimate of drug-likeness (QED) is 0.626. The van der Waals surface area contributed by atoms with Gasteiger partial charge in [-0.3, -0.25) is 9.59 Å². The molecular weight excluding hydrogens is 261 g/mol. The van der Waals surface area contributed by atoms with Gasteiger partial charge in [-0.1, -0.05) is 23.2 Å². The van der Waals surface area contributed by atoms with Crippen molar-refractivity contribution in [2.24, 2.45) is 0 Å². The number of likely N-dealkylation sites (N-methyl/N-ethyl adjacent to an activating group) is 1. The summed E-state index contributed by atoms with van der Waals surface area (Å²) in [6, 6.07) is 4.58. The highest BCUT2D eigenvalue weighted by Gasteiger charge is 2.08. The standard InChI is InChI=1S/C12H11Cl2NO2/c1-15(2)12(17)6-5-11(16)9-4-3-8(13)7-10(9)14/h3-7H,1-2H3/b6-5+. The van der Waals surface area contributed by atoms with Gasteiger partial charge in [-0.2, -0.15) is 0 Å². The maximum absolute atomic E-state index is 11.7. The number of hydrogen-bond acceptors (Lipinski definition) is 2. The highest BCUT2D eigenvalue weighted by atomic mass is 35.5. The van der Waals surface area contributed by atoms with Gasteiger partial charge in [0.2, 0.25) is 5.91 Å². The number of amides is 1. The van der Waals surface area contributed by atoms with Gasteiger partial charge in [-0.25, -0.2) is 0 Å². The maximum atomic E-state index is 11.7. The van der Waals surface area contributed by atoms with Crippen molar-refractivity contribution < 1.29 is 9.59 Å². The number of carbonyl (C=O) groups excluding carboxylic acids is 2. The average molecular weight is 272 g/mol. The summed E-state index contributed by atoms with van der Waals surface area (Å²) in [5.41, 5.74) is 0.318. The summed E-state index contributed by atoms with van der Waals surface area (Å²) in [7, 11) is 3.21. The van der Waals surface area contributed by atoms with Crippen molar-refractivity contribution in [3.8, 4) is 0 Å². The molecule has 17 heavy (non-hydrogen) atoms. The molecule has 1 aromatic carbocycles. The van der Waals surface area contributed by atoms with Gasteiger partial charge in [0.1, 0.15) is 0 Å². The largest absolute Gasteiger partial charge is 0.345 e. The number of ketones is 1. The molecule has 0 unspecified atom stereocenters. The van der Waals surface area contributed by atoms with Gasteiger partial charge in [-0.15, -0.1) is 0 Å². The number of allylic oxidation sites excluding steroid dienone is 1. The number of benzene rings is 1. The summed E-state index contributed by atoms with van der Waals surface area (Å²) < 4.78 is 0. The van der Waals surface area contributed by atoms with Crippen molar-refractivity contribution in [1.29, 1.82) is 0 Å². The number of hydrogen-bond donors (Lipinski definition) is 0. The van der Waals surface area contributed by atoms with E-state index in [-0.39, 0.29) is 16.7 Å². The van der Waals surface area contributed by atoms with Crippen molar-refractivity contribution in [2.75, 3.05) is 14.1 Å². The van der Waals surface area contributed by atoms with E-state index in [1.54, 1.807) is 20.2 Å². The molecule has 3 nitrogen and oxygen atoms in total. The molecule has 0 aromatic heterocycles. The normalized spacial score (nSPS) is 10.6. The second-order valence-corrected chi connectivity index (χ2v) is 4.40. The zero-order valence-electron chi connectivity index (χ0n) is 9.41. The molecule has 1 aromatic rings. The van der Waals surface area contributed by atoms with Crippen molar-refractivity contribution in [1.82, 2.24) is 4.90 Å². The Morgan fingerprint density at radius 1 is 1.18 bits per heavy atom. The van der Waals surface area contributed by atoms with Crippen molar-refractivity contribution in [3.05, 3.63) is 46.0 Å². The molecule has 0 spiro atoms. The molecule has 1 rings (SSSR count). The third-order valence-electron chi connectivity index (χ3n) is 2.01. The van der Waals surface area contributed by atoms with Crippen LogP contribution in [0.2, 0.25) is 10.0 Å². The molecule has 0 aliphatic rings.